The van der Waals surface area contributed by atoms with Gasteiger partial charge in [-0.05, 0) is 35.0 Å². The quantitative estimate of drug-likeness (QED) is 0.572. The van der Waals surface area contributed by atoms with Gasteiger partial charge in [-0.15, -0.1) is 0 Å². The minimum Gasteiger partial charge on any atom is -0.289 e. The zero-order chi connectivity index (χ0) is 22.3. The molecule has 0 radical (unpaired) electrons. The Kier molecular flexibility index (Phi) is 5.28. The summed E-state index contributed by atoms with van der Waals surface area (Å²) in [6.07, 6.45) is 0.108. The first-order valence-corrected chi connectivity index (χ1v) is 12.0. The van der Waals surface area contributed by atoms with Crippen LogP contribution in [0.2, 0.25) is 0 Å². The standard InChI is InChI=1S/C24H23N3O4S/c28-23-17-22(24(29)27(23)20-11-10-18-6-4-5-7-19(18)16-20)25-12-14-26(15-13-25)32(30,31)21-8-2-1-3-9-21/h1-11,16,22H,12-15,17H2. The van der Waals surface area contributed by atoms with Crippen molar-refractivity contribution in [1.29, 1.82) is 0 Å². The molecular formula is C24H23N3O4S. The third kappa shape index (κ3) is 3.60. The van der Waals surface area contributed by atoms with Gasteiger partial charge in [0.2, 0.25) is 15.9 Å². The first-order valence-electron chi connectivity index (χ1n) is 10.6. The van der Waals surface area contributed by atoms with E-state index in [1.54, 1.807) is 36.4 Å². The van der Waals surface area contributed by atoms with Gasteiger partial charge in [-0.1, -0.05) is 48.5 Å². The van der Waals surface area contributed by atoms with Crippen molar-refractivity contribution in [2.45, 2.75) is 17.4 Å². The minimum atomic E-state index is -3.56. The number of hydrogen-bond donors (Lipinski definition) is 0. The monoisotopic (exact) mass is 449 g/mol. The van der Waals surface area contributed by atoms with E-state index in [0.29, 0.717) is 18.8 Å². The molecule has 3 aromatic rings. The Balaban J connectivity index is 1.30. The van der Waals surface area contributed by atoms with E-state index in [9.17, 15) is 18.0 Å². The van der Waals surface area contributed by atoms with Gasteiger partial charge < -0.3 is 0 Å². The molecule has 2 aliphatic rings. The Hall–Kier alpha value is -3.07. The molecule has 0 aliphatic carbocycles. The second kappa shape index (κ2) is 8.12. The van der Waals surface area contributed by atoms with Crippen LogP contribution in [0, 0.1) is 0 Å². The molecule has 2 heterocycles. The summed E-state index contributed by atoms with van der Waals surface area (Å²) >= 11 is 0. The van der Waals surface area contributed by atoms with Crippen molar-refractivity contribution in [2.75, 3.05) is 31.1 Å². The maximum atomic E-state index is 13.2. The molecule has 7 nitrogen and oxygen atoms in total. The van der Waals surface area contributed by atoms with Crippen molar-refractivity contribution in [1.82, 2.24) is 9.21 Å². The van der Waals surface area contributed by atoms with Crippen LogP contribution in [0.15, 0.2) is 77.7 Å². The van der Waals surface area contributed by atoms with Crippen molar-refractivity contribution >= 4 is 38.3 Å². The van der Waals surface area contributed by atoms with Gasteiger partial charge in [0.15, 0.2) is 0 Å². The highest BCUT2D eigenvalue weighted by atomic mass is 32.2. The lowest BCUT2D eigenvalue weighted by Gasteiger charge is -2.36. The van der Waals surface area contributed by atoms with Crippen LogP contribution in [0.3, 0.4) is 0 Å². The van der Waals surface area contributed by atoms with Gasteiger partial charge in [0.05, 0.1) is 23.0 Å². The van der Waals surface area contributed by atoms with E-state index in [0.717, 1.165) is 10.8 Å². The van der Waals surface area contributed by atoms with Crippen LogP contribution < -0.4 is 4.90 Å². The van der Waals surface area contributed by atoms with Gasteiger partial charge in [0, 0.05) is 26.2 Å². The lowest BCUT2D eigenvalue weighted by Crippen LogP contribution is -2.53. The predicted octanol–water partition coefficient (Wildman–Crippen LogP) is 2.48. The fourth-order valence-electron chi connectivity index (χ4n) is 4.49. The molecule has 32 heavy (non-hydrogen) atoms. The SMILES string of the molecule is O=C1CC(N2CCN(S(=O)(=O)c3ccccc3)CC2)C(=O)N1c1ccc2ccccc2c1. The summed E-state index contributed by atoms with van der Waals surface area (Å²) in [6.45, 7) is 1.37. The molecule has 164 valence electrons. The molecule has 1 unspecified atom stereocenters. The zero-order valence-electron chi connectivity index (χ0n) is 17.4. The van der Waals surface area contributed by atoms with Crippen LogP contribution >= 0.6 is 0 Å². The molecular weight excluding hydrogens is 426 g/mol. The molecule has 0 aromatic heterocycles. The zero-order valence-corrected chi connectivity index (χ0v) is 18.2. The van der Waals surface area contributed by atoms with Crippen molar-refractivity contribution in [3.8, 4) is 0 Å². The molecule has 3 aromatic carbocycles. The van der Waals surface area contributed by atoms with Gasteiger partial charge in [-0.2, -0.15) is 4.31 Å². The number of sulfonamides is 1. The second-order valence-corrected chi connectivity index (χ2v) is 10.0. The number of benzene rings is 3. The molecule has 0 N–H and O–H groups in total. The highest BCUT2D eigenvalue weighted by Crippen LogP contribution is 2.29. The molecule has 2 amide bonds. The van der Waals surface area contributed by atoms with E-state index in [1.165, 1.54) is 9.21 Å². The number of anilines is 1. The van der Waals surface area contributed by atoms with Crippen LogP contribution in [0.5, 0.6) is 0 Å². The fourth-order valence-corrected chi connectivity index (χ4v) is 5.93. The highest BCUT2D eigenvalue weighted by Gasteiger charge is 2.44. The molecule has 0 spiro atoms. The second-order valence-electron chi connectivity index (χ2n) is 8.07. The van der Waals surface area contributed by atoms with E-state index in [4.69, 9.17) is 0 Å². The van der Waals surface area contributed by atoms with Gasteiger partial charge in [-0.25, -0.2) is 13.3 Å². The van der Waals surface area contributed by atoms with Crippen LogP contribution in [0.25, 0.3) is 10.8 Å². The Morgan fingerprint density at radius 2 is 1.41 bits per heavy atom. The number of carbonyl (C=O) groups excluding carboxylic acids is 2. The number of hydrogen-bond acceptors (Lipinski definition) is 5. The number of rotatable bonds is 4. The maximum absolute atomic E-state index is 13.2. The molecule has 1 atom stereocenters. The average Bonchev–Trinajstić information content (AvgIpc) is 3.13. The summed E-state index contributed by atoms with van der Waals surface area (Å²) in [6, 6.07) is 21.2. The van der Waals surface area contributed by atoms with E-state index in [2.05, 4.69) is 0 Å². The topological polar surface area (TPSA) is 78.0 Å². The lowest BCUT2D eigenvalue weighted by atomic mass is 10.1. The Bertz CT molecular complexity index is 1280. The minimum absolute atomic E-state index is 0.108. The summed E-state index contributed by atoms with van der Waals surface area (Å²) in [7, 11) is -3.56. The summed E-state index contributed by atoms with van der Waals surface area (Å²) in [5.41, 5.74) is 0.575. The van der Waals surface area contributed by atoms with Crippen LogP contribution in [0.4, 0.5) is 5.69 Å². The largest absolute Gasteiger partial charge is 0.289 e. The fraction of sp³-hybridized carbons (Fsp3) is 0.250. The smallest absolute Gasteiger partial charge is 0.251 e. The van der Waals surface area contributed by atoms with Crippen molar-refractivity contribution in [3.63, 3.8) is 0 Å². The third-order valence-corrected chi connectivity index (χ3v) is 8.12. The van der Waals surface area contributed by atoms with Crippen molar-refractivity contribution in [2.24, 2.45) is 0 Å². The first-order chi connectivity index (χ1) is 15.4. The summed E-state index contributed by atoms with van der Waals surface area (Å²) in [5, 5.41) is 2.01. The van der Waals surface area contributed by atoms with E-state index >= 15 is 0 Å². The van der Waals surface area contributed by atoms with Gasteiger partial charge in [0.1, 0.15) is 0 Å². The van der Waals surface area contributed by atoms with Crippen LogP contribution in [-0.2, 0) is 19.6 Å². The number of fused-ring (bicyclic) bond motifs is 1. The number of imide groups is 1. The van der Waals surface area contributed by atoms with E-state index in [-0.39, 0.29) is 36.2 Å². The molecule has 2 saturated heterocycles. The molecule has 2 fully saturated rings. The summed E-state index contributed by atoms with van der Waals surface area (Å²) < 4.78 is 27.2. The van der Waals surface area contributed by atoms with Gasteiger partial charge in [0.25, 0.3) is 5.91 Å². The first kappa shape index (κ1) is 20.8. The molecule has 0 saturated carbocycles. The predicted molar refractivity (Wildman–Crippen MR) is 122 cm³/mol. The van der Waals surface area contributed by atoms with E-state index in [1.807, 2.05) is 41.3 Å². The highest BCUT2D eigenvalue weighted by molar-refractivity contribution is 7.89. The van der Waals surface area contributed by atoms with E-state index < -0.39 is 16.1 Å². The van der Waals surface area contributed by atoms with Gasteiger partial charge in [-0.3, -0.25) is 14.5 Å². The summed E-state index contributed by atoms with van der Waals surface area (Å²) in [4.78, 5) is 29.4. The van der Waals surface area contributed by atoms with Gasteiger partial charge >= 0.3 is 0 Å². The van der Waals surface area contributed by atoms with Crippen molar-refractivity contribution in [3.05, 3.63) is 72.8 Å². The molecule has 2 aliphatic heterocycles. The van der Waals surface area contributed by atoms with Crippen LogP contribution in [-0.4, -0.2) is 61.7 Å². The summed E-state index contributed by atoms with van der Waals surface area (Å²) in [5.74, 6) is -0.473. The Morgan fingerprint density at radius 3 is 2.12 bits per heavy atom. The third-order valence-electron chi connectivity index (χ3n) is 6.21. The lowest BCUT2D eigenvalue weighted by molar-refractivity contribution is -0.123. The average molecular weight is 450 g/mol. The normalized spacial score (nSPS) is 20.9. The van der Waals surface area contributed by atoms with Crippen LogP contribution in [0.1, 0.15) is 6.42 Å². The molecule has 0 bridgehead atoms. The van der Waals surface area contributed by atoms with Crippen molar-refractivity contribution < 1.29 is 18.0 Å². The molecule has 8 heteroatoms. The maximum Gasteiger partial charge on any atom is 0.251 e. The Morgan fingerprint density at radius 1 is 0.750 bits per heavy atom. The number of amides is 2. The number of carbonyl (C=O) groups is 2. The number of nitrogens with zero attached hydrogens (tertiary/aromatic N) is 3. The molecule has 5 rings (SSSR count). The number of piperazine rings is 1. The Labute approximate surface area is 186 Å².